The number of hydrogen-bond acceptors (Lipinski definition) is 2. The summed E-state index contributed by atoms with van der Waals surface area (Å²) in [5.74, 6) is 0. The maximum Gasteiger partial charge on any atom is 0.0872 e. The molecule has 0 heterocycles. The third kappa shape index (κ3) is 3.01. The van der Waals surface area contributed by atoms with E-state index in [1.807, 2.05) is 7.11 Å². The molecule has 1 saturated carbocycles. The summed E-state index contributed by atoms with van der Waals surface area (Å²) < 4.78 is 6.00. The Bertz CT molecular complexity index is 401. The van der Waals surface area contributed by atoms with Crippen LogP contribution in [0.2, 0.25) is 0 Å². The zero-order chi connectivity index (χ0) is 13.9. The number of nitrogens with one attached hydrogen (secondary N) is 1. The first-order chi connectivity index (χ1) is 9.11. The zero-order valence-electron chi connectivity index (χ0n) is 12.8. The molecule has 1 fully saturated rings. The number of likely N-dealkylation sites (N-methyl/N-ethyl adjacent to an activating group) is 1. The second-order valence-electron chi connectivity index (χ2n) is 5.97. The smallest absolute Gasteiger partial charge is 0.0872 e. The fraction of sp³-hybridized carbons (Fsp3) is 0.647. The number of ether oxygens (including phenoxy) is 1. The van der Waals surface area contributed by atoms with Gasteiger partial charge in [0.05, 0.1) is 11.6 Å². The summed E-state index contributed by atoms with van der Waals surface area (Å²) in [7, 11) is 3.93. The Kier molecular flexibility index (Phi) is 4.64. The quantitative estimate of drug-likeness (QED) is 0.887. The molecule has 1 aromatic rings. The Morgan fingerprint density at radius 2 is 1.63 bits per heavy atom. The molecule has 19 heavy (non-hydrogen) atoms. The van der Waals surface area contributed by atoms with Gasteiger partial charge in [0.2, 0.25) is 0 Å². The van der Waals surface area contributed by atoms with Crippen molar-refractivity contribution in [1.82, 2.24) is 5.32 Å². The van der Waals surface area contributed by atoms with E-state index in [0.29, 0.717) is 0 Å². The van der Waals surface area contributed by atoms with Crippen molar-refractivity contribution in [3.8, 4) is 0 Å². The highest BCUT2D eigenvalue weighted by Crippen LogP contribution is 2.41. The summed E-state index contributed by atoms with van der Waals surface area (Å²) in [4.78, 5) is 0. The molecule has 0 radical (unpaired) electrons. The predicted molar refractivity (Wildman–Crippen MR) is 80.5 cm³/mol. The molecule has 1 N–H and O–H groups in total. The molecule has 1 aliphatic rings. The lowest BCUT2D eigenvalue weighted by Gasteiger charge is -2.42. The largest absolute Gasteiger partial charge is 0.376 e. The molecule has 2 rings (SSSR count). The average Bonchev–Trinajstić information content (AvgIpc) is 2.39. The highest BCUT2D eigenvalue weighted by atomic mass is 16.5. The van der Waals surface area contributed by atoms with Crippen LogP contribution in [0.1, 0.15) is 54.8 Å². The summed E-state index contributed by atoms with van der Waals surface area (Å²) in [5, 5.41) is 3.51. The van der Waals surface area contributed by atoms with E-state index in [2.05, 4.69) is 44.4 Å². The first-order valence-corrected chi connectivity index (χ1v) is 7.42. The Morgan fingerprint density at radius 1 is 1.05 bits per heavy atom. The lowest BCUT2D eigenvalue weighted by Crippen LogP contribution is -2.46. The van der Waals surface area contributed by atoms with Crippen LogP contribution >= 0.6 is 0 Å². The van der Waals surface area contributed by atoms with E-state index < -0.39 is 0 Å². The van der Waals surface area contributed by atoms with Crippen molar-refractivity contribution < 1.29 is 4.74 Å². The molecule has 1 aromatic carbocycles. The van der Waals surface area contributed by atoms with Gasteiger partial charge in [-0.15, -0.1) is 0 Å². The van der Waals surface area contributed by atoms with Gasteiger partial charge in [-0.3, -0.25) is 0 Å². The molecule has 1 atom stereocenters. The predicted octanol–water partition coefficient (Wildman–Crippen LogP) is 3.91. The minimum Gasteiger partial charge on any atom is -0.376 e. The van der Waals surface area contributed by atoms with Gasteiger partial charge in [0.25, 0.3) is 0 Å². The van der Waals surface area contributed by atoms with Gasteiger partial charge in [0, 0.05) is 7.11 Å². The van der Waals surface area contributed by atoms with Crippen LogP contribution in [0.15, 0.2) is 18.2 Å². The van der Waals surface area contributed by atoms with Gasteiger partial charge in [-0.25, -0.2) is 0 Å². The SMILES string of the molecule is CNC(c1cc(C)cc(C)c1)C1(OC)CCCCC1. The van der Waals surface area contributed by atoms with E-state index in [9.17, 15) is 0 Å². The summed E-state index contributed by atoms with van der Waals surface area (Å²) in [5.41, 5.74) is 3.99. The maximum absolute atomic E-state index is 6.00. The van der Waals surface area contributed by atoms with Gasteiger partial charge >= 0.3 is 0 Å². The van der Waals surface area contributed by atoms with E-state index in [1.54, 1.807) is 0 Å². The van der Waals surface area contributed by atoms with Crippen molar-refractivity contribution in [3.05, 3.63) is 34.9 Å². The van der Waals surface area contributed by atoms with Crippen molar-refractivity contribution in [1.29, 1.82) is 0 Å². The summed E-state index contributed by atoms with van der Waals surface area (Å²) in [6, 6.07) is 7.11. The van der Waals surface area contributed by atoms with E-state index in [-0.39, 0.29) is 11.6 Å². The summed E-state index contributed by atoms with van der Waals surface area (Å²) >= 11 is 0. The molecule has 106 valence electrons. The first-order valence-electron chi connectivity index (χ1n) is 7.42. The fourth-order valence-electron chi connectivity index (χ4n) is 3.67. The Morgan fingerprint density at radius 3 is 2.11 bits per heavy atom. The highest BCUT2D eigenvalue weighted by Gasteiger charge is 2.40. The number of benzene rings is 1. The molecule has 0 bridgehead atoms. The molecule has 2 heteroatoms. The van der Waals surface area contributed by atoms with E-state index in [1.165, 1.54) is 36.0 Å². The maximum atomic E-state index is 6.00. The normalized spacial score (nSPS) is 20.2. The molecule has 0 spiro atoms. The van der Waals surface area contributed by atoms with Crippen LogP contribution in [0.5, 0.6) is 0 Å². The summed E-state index contributed by atoms with van der Waals surface area (Å²) in [6.45, 7) is 4.34. The van der Waals surface area contributed by atoms with Crippen LogP contribution in [-0.4, -0.2) is 19.8 Å². The Labute approximate surface area is 117 Å². The van der Waals surface area contributed by atoms with Gasteiger partial charge in [-0.05, 0) is 39.3 Å². The Balaban J connectivity index is 2.36. The van der Waals surface area contributed by atoms with Crippen molar-refractivity contribution in [2.75, 3.05) is 14.2 Å². The fourth-order valence-corrected chi connectivity index (χ4v) is 3.67. The van der Waals surface area contributed by atoms with Gasteiger partial charge in [-0.1, -0.05) is 48.6 Å². The van der Waals surface area contributed by atoms with Crippen LogP contribution in [0.25, 0.3) is 0 Å². The number of rotatable bonds is 4. The van der Waals surface area contributed by atoms with Crippen LogP contribution in [0.4, 0.5) is 0 Å². The third-order valence-electron chi connectivity index (χ3n) is 4.50. The molecular formula is C17H27NO. The zero-order valence-corrected chi connectivity index (χ0v) is 12.8. The van der Waals surface area contributed by atoms with Crippen molar-refractivity contribution in [2.24, 2.45) is 0 Å². The van der Waals surface area contributed by atoms with E-state index in [4.69, 9.17) is 4.74 Å². The molecule has 0 aromatic heterocycles. The highest BCUT2D eigenvalue weighted by molar-refractivity contribution is 5.32. The average molecular weight is 261 g/mol. The topological polar surface area (TPSA) is 21.3 Å². The number of hydrogen-bond donors (Lipinski definition) is 1. The van der Waals surface area contributed by atoms with Crippen LogP contribution in [0.3, 0.4) is 0 Å². The van der Waals surface area contributed by atoms with Gasteiger partial charge in [0.1, 0.15) is 0 Å². The molecule has 0 saturated heterocycles. The van der Waals surface area contributed by atoms with Crippen molar-refractivity contribution in [2.45, 2.75) is 57.6 Å². The lowest BCUT2D eigenvalue weighted by molar-refractivity contribution is -0.0671. The number of methoxy groups -OCH3 is 1. The Hall–Kier alpha value is -0.860. The first kappa shape index (κ1) is 14.5. The van der Waals surface area contributed by atoms with Crippen LogP contribution in [0, 0.1) is 13.8 Å². The monoisotopic (exact) mass is 261 g/mol. The van der Waals surface area contributed by atoms with E-state index >= 15 is 0 Å². The molecule has 1 aliphatic carbocycles. The van der Waals surface area contributed by atoms with Crippen molar-refractivity contribution in [3.63, 3.8) is 0 Å². The second-order valence-corrected chi connectivity index (χ2v) is 5.97. The minimum atomic E-state index is -0.0345. The molecule has 2 nitrogen and oxygen atoms in total. The van der Waals surface area contributed by atoms with Gasteiger partial charge in [-0.2, -0.15) is 0 Å². The minimum absolute atomic E-state index is 0.0345. The molecular weight excluding hydrogens is 234 g/mol. The molecule has 1 unspecified atom stereocenters. The van der Waals surface area contributed by atoms with Crippen LogP contribution < -0.4 is 5.32 Å². The van der Waals surface area contributed by atoms with Crippen LogP contribution in [-0.2, 0) is 4.74 Å². The third-order valence-corrected chi connectivity index (χ3v) is 4.50. The molecule has 0 amide bonds. The van der Waals surface area contributed by atoms with Crippen molar-refractivity contribution >= 4 is 0 Å². The summed E-state index contributed by atoms with van der Waals surface area (Å²) in [6.07, 6.45) is 6.20. The standard InChI is InChI=1S/C17H27NO/c1-13-10-14(2)12-15(11-13)16(18-3)17(19-4)8-6-5-7-9-17/h10-12,16,18H,5-9H2,1-4H3. The van der Waals surface area contributed by atoms with Gasteiger partial charge < -0.3 is 10.1 Å². The number of aryl methyl sites for hydroxylation is 2. The van der Waals surface area contributed by atoms with E-state index in [0.717, 1.165) is 12.8 Å². The molecule has 0 aliphatic heterocycles. The lowest BCUT2D eigenvalue weighted by atomic mass is 9.76. The van der Waals surface area contributed by atoms with Gasteiger partial charge in [0.15, 0.2) is 0 Å². The second kappa shape index (κ2) is 6.06.